The molecule has 0 spiro atoms. The first-order valence-electron chi connectivity index (χ1n) is 7.78. The van der Waals surface area contributed by atoms with E-state index in [0.29, 0.717) is 11.3 Å². The Bertz CT molecular complexity index is 698. The van der Waals surface area contributed by atoms with Crippen molar-refractivity contribution in [2.45, 2.75) is 32.4 Å². The average Bonchev–Trinajstić information content (AvgIpc) is 2.53. The van der Waals surface area contributed by atoms with Crippen LogP contribution in [0.4, 0.5) is 0 Å². The summed E-state index contributed by atoms with van der Waals surface area (Å²) in [4.78, 5) is 23.6. The van der Waals surface area contributed by atoms with Gasteiger partial charge in [-0.05, 0) is 37.1 Å². The number of amides is 1. The van der Waals surface area contributed by atoms with E-state index in [-0.39, 0.29) is 18.4 Å². The van der Waals surface area contributed by atoms with Crippen molar-refractivity contribution < 1.29 is 19.4 Å². The highest BCUT2D eigenvalue weighted by atomic mass is 16.5. The predicted molar refractivity (Wildman–Crippen MR) is 90.9 cm³/mol. The van der Waals surface area contributed by atoms with Crippen molar-refractivity contribution in [1.29, 1.82) is 0 Å². The molecular formula is C19H21NO4. The molecule has 5 nitrogen and oxygen atoms in total. The number of carbonyl (C=O) groups excluding carboxylic acids is 1. The number of hydrogen-bond donors (Lipinski definition) is 2. The van der Waals surface area contributed by atoms with E-state index in [0.717, 1.165) is 5.56 Å². The molecule has 126 valence electrons. The lowest BCUT2D eigenvalue weighted by atomic mass is 10.1. The molecule has 0 unspecified atom stereocenters. The third-order valence-corrected chi connectivity index (χ3v) is 3.32. The van der Waals surface area contributed by atoms with Crippen LogP contribution in [0.25, 0.3) is 0 Å². The van der Waals surface area contributed by atoms with Crippen LogP contribution in [0.2, 0.25) is 0 Å². The molecule has 0 aliphatic rings. The van der Waals surface area contributed by atoms with Crippen LogP contribution in [0.1, 0.15) is 31.0 Å². The van der Waals surface area contributed by atoms with E-state index in [1.165, 1.54) is 0 Å². The Morgan fingerprint density at radius 1 is 1.08 bits per heavy atom. The van der Waals surface area contributed by atoms with Crippen LogP contribution in [0.5, 0.6) is 5.75 Å². The second kappa shape index (κ2) is 8.15. The summed E-state index contributed by atoms with van der Waals surface area (Å²) >= 11 is 0. The minimum Gasteiger partial charge on any atom is -0.491 e. The largest absolute Gasteiger partial charge is 0.491 e. The lowest BCUT2D eigenvalue weighted by molar-refractivity contribution is -0.141. The predicted octanol–water partition coefficient (Wildman–Crippen LogP) is 2.96. The standard InChI is InChI=1S/C19H21NO4/c1-13(2)24-16-10-6-7-14(11-16)12-17(21)20-18(19(22)23)15-8-4-3-5-9-15/h3-11,13,18H,12H2,1-2H3,(H,20,21)(H,22,23)/t18-/m1/s1. The normalized spacial score (nSPS) is 11.8. The zero-order chi connectivity index (χ0) is 17.5. The molecule has 1 atom stereocenters. The van der Waals surface area contributed by atoms with Crippen LogP contribution < -0.4 is 10.1 Å². The van der Waals surface area contributed by atoms with Gasteiger partial charge in [-0.2, -0.15) is 0 Å². The van der Waals surface area contributed by atoms with Gasteiger partial charge in [0.1, 0.15) is 5.75 Å². The van der Waals surface area contributed by atoms with Crippen LogP contribution in [-0.4, -0.2) is 23.1 Å². The number of rotatable bonds is 7. The van der Waals surface area contributed by atoms with Crippen molar-refractivity contribution >= 4 is 11.9 Å². The number of aliphatic carboxylic acids is 1. The zero-order valence-corrected chi connectivity index (χ0v) is 13.7. The summed E-state index contributed by atoms with van der Waals surface area (Å²) in [5.74, 6) is -0.757. The smallest absolute Gasteiger partial charge is 0.330 e. The summed E-state index contributed by atoms with van der Waals surface area (Å²) < 4.78 is 5.60. The zero-order valence-electron chi connectivity index (χ0n) is 13.7. The van der Waals surface area contributed by atoms with Crippen molar-refractivity contribution in [2.24, 2.45) is 0 Å². The third kappa shape index (κ3) is 5.12. The Balaban J connectivity index is 2.05. The maximum Gasteiger partial charge on any atom is 0.330 e. The molecule has 0 saturated carbocycles. The molecule has 0 saturated heterocycles. The molecule has 2 rings (SSSR count). The van der Waals surface area contributed by atoms with Crippen LogP contribution in [0, 0.1) is 0 Å². The van der Waals surface area contributed by atoms with Gasteiger partial charge in [-0.15, -0.1) is 0 Å². The molecule has 0 aliphatic carbocycles. The summed E-state index contributed by atoms with van der Waals surface area (Å²) in [6.07, 6.45) is 0.134. The summed E-state index contributed by atoms with van der Waals surface area (Å²) in [6.45, 7) is 3.85. The topological polar surface area (TPSA) is 75.6 Å². The molecule has 0 radical (unpaired) electrons. The molecule has 2 aromatic carbocycles. The van der Waals surface area contributed by atoms with Crippen LogP contribution >= 0.6 is 0 Å². The maximum absolute atomic E-state index is 12.2. The van der Waals surface area contributed by atoms with E-state index in [4.69, 9.17) is 4.74 Å². The monoisotopic (exact) mass is 327 g/mol. The summed E-state index contributed by atoms with van der Waals surface area (Å²) in [6, 6.07) is 14.8. The number of ether oxygens (including phenoxy) is 1. The maximum atomic E-state index is 12.2. The molecular weight excluding hydrogens is 306 g/mol. The Labute approximate surface area is 141 Å². The summed E-state index contributed by atoms with van der Waals surface area (Å²) in [5, 5.41) is 11.9. The number of hydrogen-bond acceptors (Lipinski definition) is 3. The lowest BCUT2D eigenvalue weighted by Crippen LogP contribution is -2.34. The Hall–Kier alpha value is -2.82. The van der Waals surface area contributed by atoms with Gasteiger partial charge in [0.15, 0.2) is 6.04 Å². The molecule has 5 heteroatoms. The first kappa shape index (κ1) is 17.5. The molecule has 0 aromatic heterocycles. The van der Waals surface area contributed by atoms with E-state index in [1.54, 1.807) is 36.4 Å². The van der Waals surface area contributed by atoms with Gasteiger partial charge in [0.2, 0.25) is 5.91 Å². The van der Waals surface area contributed by atoms with E-state index < -0.39 is 12.0 Å². The van der Waals surface area contributed by atoms with Gasteiger partial charge in [0, 0.05) is 0 Å². The Morgan fingerprint density at radius 2 is 1.79 bits per heavy atom. The van der Waals surface area contributed by atoms with Gasteiger partial charge in [0.25, 0.3) is 0 Å². The highest BCUT2D eigenvalue weighted by molar-refractivity contribution is 5.85. The van der Waals surface area contributed by atoms with Crippen molar-refractivity contribution in [1.82, 2.24) is 5.32 Å². The van der Waals surface area contributed by atoms with Crippen molar-refractivity contribution in [3.63, 3.8) is 0 Å². The van der Waals surface area contributed by atoms with Crippen molar-refractivity contribution in [2.75, 3.05) is 0 Å². The van der Waals surface area contributed by atoms with Crippen LogP contribution in [0.3, 0.4) is 0 Å². The molecule has 0 fully saturated rings. The minimum absolute atomic E-state index is 0.0450. The fourth-order valence-corrected chi connectivity index (χ4v) is 2.33. The number of carbonyl (C=O) groups is 2. The van der Waals surface area contributed by atoms with E-state index in [1.807, 2.05) is 32.0 Å². The fraction of sp³-hybridized carbons (Fsp3) is 0.263. The summed E-state index contributed by atoms with van der Waals surface area (Å²) in [5.41, 5.74) is 1.30. The van der Waals surface area contributed by atoms with Gasteiger partial charge in [-0.25, -0.2) is 4.79 Å². The van der Waals surface area contributed by atoms with Gasteiger partial charge in [0.05, 0.1) is 12.5 Å². The fourth-order valence-electron chi connectivity index (χ4n) is 2.33. The quantitative estimate of drug-likeness (QED) is 0.820. The average molecular weight is 327 g/mol. The first-order valence-corrected chi connectivity index (χ1v) is 7.78. The van der Waals surface area contributed by atoms with E-state index >= 15 is 0 Å². The molecule has 1 amide bonds. The van der Waals surface area contributed by atoms with Gasteiger partial charge < -0.3 is 15.2 Å². The van der Waals surface area contributed by atoms with Gasteiger partial charge >= 0.3 is 5.97 Å². The number of carboxylic acids is 1. The molecule has 2 aromatic rings. The molecule has 24 heavy (non-hydrogen) atoms. The highest BCUT2D eigenvalue weighted by Gasteiger charge is 2.21. The second-order valence-electron chi connectivity index (χ2n) is 5.74. The first-order chi connectivity index (χ1) is 11.5. The van der Waals surface area contributed by atoms with E-state index in [9.17, 15) is 14.7 Å². The van der Waals surface area contributed by atoms with Crippen LogP contribution in [0.15, 0.2) is 54.6 Å². The highest BCUT2D eigenvalue weighted by Crippen LogP contribution is 2.17. The molecule has 0 aliphatic heterocycles. The lowest BCUT2D eigenvalue weighted by Gasteiger charge is -2.15. The molecule has 0 bridgehead atoms. The number of benzene rings is 2. The van der Waals surface area contributed by atoms with E-state index in [2.05, 4.69) is 5.32 Å². The molecule has 0 heterocycles. The Morgan fingerprint density at radius 3 is 2.42 bits per heavy atom. The van der Waals surface area contributed by atoms with Crippen molar-refractivity contribution in [3.05, 3.63) is 65.7 Å². The van der Waals surface area contributed by atoms with Crippen LogP contribution in [-0.2, 0) is 16.0 Å². The number of carboxylic acid groups (broad SMARTS) is 1. The number of nitrogens with one attached hydrogen (secondary N) is 1. The third-order valence-electron chi connectivity index (χ3n) is 3.32. The van der Waals surface area contributed by atoms with Crippen molar-refractivity contribution in [3.8, 4) is 5.75 Å². The second-order valence-corrected chi connectivity index (χ2v) is 5.74. The van der Waals surface area contributed by atoms with Gasteiger partial charge in [-0.3, -0.25) is 4.79 Å². The summed E-state index contributed by atoms with van der Waals surface area (Å²) in [7, 11) is 0. The molecule has 2 N–H and O–H groups in total. The Kier molecular flexibility index (Phi) is 5.95. The minimum atomic E-state index is -1.09. The SMILES string of the molecule is CC(C)Oc1cccc(CC(=O)N[C@@H](C(=O)O)c2ccccc2)c1. The van der Waals surface area contributed by atoms with Gasteiger partial charge in [-0.1, -0.05) is 42.5 Å².